The summed E-state index contributed by atoms with van der Waals surface area (Å²) in [5.74, 6) is -0.377. The van der Waals surface area contributed by atoms with Crippen LogP contribution in [0.2, 0.25) is 0 Å². The number of carbonyl (C=O) groups is 2. The first kappa shape index (κ1) is 17.7. The monoisotopic (exact) mass is 353 g/mol. The van der Waals surface area contributed by atoms with Gasteiger partial charge in [0.15, 0.2) is 5.96 Å². The van der Waals surface area contributed by atoms with Crippen molar-refractivity contribution in [2.45, 2.75) is 19.4 Å². The second kappa shape index (κ2) is 7.86. The molecule has 2 aromatic carbocycles. The maximum atomic E-state index is 12.2. The third kappa shape index (κ3) is 4.11. The maximum Gasteiger partial charge on any atom is 0.324 e. The van der Waals surface area contributed by atoms with Gasteiger partial charge in [-0.25, -0.2) is 9.79 Å². The Balaban J connectivity index is 1.58. The van der Waals surface area contributed by atoms with Gasteiger partial charge in [-0.15, -0.1) is 0 Å². The Morgan fingerprint density at radius 3 is 2.50 bits per heavy atom. The van der Waals surface area contributed by atoms with Gasteiger partial charge >= 0.3 is 6.03 Å². The van der Waals surface area contributed by atoms with Gasteiger partial charge in [0.1, 0.15) is 0 Å². The number of likely N-dealkylation sites (tertiary alicyclic amines) is 1. The van der Waals surface area contributed by atoms with Crippen LogP contribution in [0.15, 0.2) is 47.5 Å². The molecule has 1 aliphatic heterocycles. The number of hydrogen-bond acceptors (Lipinski definition) is 3. The largest absolute Gasteiger partial charge is 0.370 e. The molecule has 0 unspecified atom stereocenters. The van der Waals surface area contributed by atoms with Crippen LogP contribution in [0.1, 0.15) is 18.4 Å². The fourth-order valence-electron chi connectivity index (χ4n) is 3.20. The highest BCUT2D eigenvalue weighted by Crippen LogP contribution is 2.19. The van der Waals surface area contributed by atoms with E-state index in [2.05, 4.69) is 10.3 Å². The number of nitrogens with zero attached hydrogens (tertiary/aromatic N) is 2. The number of amides is 3. The van der Waals surface area contributed by atoms with Crippen LogP contribution in [-0.2, 0) is 11.3 Å². The van der Waals surface area contributed by atoms with Crippen LogP contribution in [0.3, 0.4) is 0 Å². The summed E-state index contributed by atoms with van der Waals surface area (Å²) in [4.78, 5) is 29.3. The fraction of sp³-hybridized carbons (Fsp3) is 0.316. The van der Waals surface area contributed by atoms with Crippen LogP contribution in [-0.4, -0.2) is 35.9 Å². The number of carbonyl (C=O) groups excluding carboxylic acids is 2. The normalized spacial score (nSPS) is 15.8. The summed E-state index contributed by atoms with van der Waals surface area (Å²) < 4.78 is 0. The molecule has 0 atom stereocenters. The van der Waals surface area contributed by atoms with Crippen LogP contribution in [0.5, 0.6) is 0 Å². The van der Waals surface area contributed by atoms with E-state index >= 15 is 0 Å². The molecule has 26 heavy (non-hydrogen) atoms. The Kier molecular flexibility index (Phi) is 5.36. The highest BCUT2D eigenvalue weighted by Gasteiger charge is 2.26. The van der Waals surface area contributed by atoms with E-state index < -0.39 is 0 Å². The summed E-state index contributed by atoms with van der Waals surface area (Å²) in [6.45, 7) is 1.35. The molecule has 136 valence electrons. The van der Waals surface area contributed by atoms with Crippen molar-refractivity contribution in [2.75, 3.05) is 13.1 Å². The molecular formula is C19H23N5O2. The molecule has 0 bridgehead atoms. The lowest BCUT2D eigenvalue weighted by Gasteiger charge is -2.30. The second-order valence-electron chi connectivity index (χ2n) is 6.43. The molecule has 1 heterocycles. The molecule has 0 aromatic heterocycles. The van der Waals surface area contributed by atoms with Gasteiger partial charge in [0, 0.05) is 19.0 Å². The van der Waals surface area contributed by atoms with Crippen LogP contribution in [0.25, 0.3) is 10.8 Å². The van der Waals surface area contributed by atoms with Crippen molar-refractivity contribution in [3.05, 3.63) is 48.0 Å². The Hall–Kier alpha value is -3.09. The molecule has 7 heteroatoms. The minimum atomic E-state index is -0.304. The number of rotatable bonds is 3. The van der Waals surface area contributed by atoms with E-state index in [0.717, 1.165) is 16.3 Å². The van der Waals surface area contributed by atoms with Crippen LogP contribution >= 0.6 is 0 Å². The number of primary amides is 1. The molecule has 3 rings (SSSR count). The van der Waals surface area contributed by atoms with Crippen LogP contribution < -0.4 is 16.8 Å². The zero-order valence-electron chi connectivity index (χ0n) is 14.5. The quantitative estimate of drug-likeness (QED) is 0.575. The Morgan fingerprint density at radius 1 is 1.08 bits per heavy atom. The molecule has 0 radical (unpaired) electrons. The lowest BCUT2D eigenvalue weighted by Crippen LogP contribution is -2.49. The van der Waals surface area contributed by atoms with Crippen molar-refractivity contribution in [2.24, 2.45) is 22.4 Å². The van der Waals surface area contributed by atoms with Crippen LogP contribution in [0, 0.1) is 5.92 Å². The number of guanidine groups is 1. The highest BCUT2D eigenvalue weighted by molar-refractivity contribution is 5.95. The van der Waals surface area contributed by atoms with Gasteiger partial charge in [0.05, 0.1) is 6.54 Å². The third-order valence-electron chi connectivity index (χ3n) is 4.72. The van der Waals surface area contributed by atoms with E-state index in [1.807, 2.05) is 42.5 Å². The SMILES string of the molecule is NC(=O)C1CCN(C(=O)NC(N)=NCc2cccc3ccccc23)CC1. The van der Waals surface area contributed by atoms with Crippen molar-refractivity contribution in [1.29, 1.82) is 0 Å². The molecule has 5 N–H and O–H groups in total. The summed E-state index contributed by atoms with van der Waals surface area (Å²) in [5, 5.41) is 4.87. The second-order valence-corrected chi connectivity index (χ2v) is 6.43. The first-order valence-corrected chi connectivity index (χ1v) is 8.66. The fourth-order valence-corrected chi connectivity index (χ4v) is 3.20. The molecule has 0 aliphatic carbocycles. The number of nitrogens with one attached hydrogen (secondary N) is 1. The standard InChI is InChI=1S/C19H23N5O2/c20-17(25)14-8-10-24(11-9-14)19(26)23-18(21)22-12-15-6-3-5-13-4-1-2-7-16(13)15/h1-7,14H,8-12H2,(H2,20,25)(H3,21,22,23,26). The average Bonchev–Trinajstić information content (AvgIpc) is 2.66. The Morgan fingerprint density at radius 2 is 1.77 bits per heavy atom. The zero-order valence-corrected chi connectivity index (χ0v) is 14.5. The van der Waals surface area contributed by atoms with E-state index in [1.54, 1.807) is 4.90 Å². The number of fused-ring (bicyclic) bond motifs is 1. The maximum absolute atomic E-state index is 12.2. The summed E-state index contributed by atoms with van der Waals surface area (Å²) >= 11 is 0. The van der Waals surface area contributed by atoms with Crippen molar-refractivity contribution >= 4 is 28.7 Å². The number of urea groups is 1. The number of hydrogen-bond donors (Lipinski definition) is 3. The number of benzene rings is 2. The minimum Gasteiger partial charge on any atom is -0.370 e. The molecular weight excluding hydrogens is 330 g/mol. The van der Waals surface area contributed by atoms with E-state index in [4.69, 9.17) is 11.5 Å². The van der Waals surface area contributed by atoms with E-state index in [9.17, 15) is 9.59 Å². The van der Waals surface area contributed by atoms with E-state index in [1.165, 1.54) is 0 Å². The zero-order chi connectivity index (χ0) is 18.5. The first-order valence-electron chi connectivity index (χ1n) is 8.66. The van der Waals surface area contributed by atoms with Gasteiger partial charge in [-0.3, -0.25) is 10.1 Å². The molecule has 1 aliphatic rings. The molecule has 1 fully saturated rings. The number of nitrogens with two attached hydrogens (primary N) is 2. The smallest absolute Gasteiger partial charge is 0.324 e. The highest BCUT2D eigenvalue weighted by atomic mass is 16.2. The lowest BCUT2D eigenvalue weighted by atomic mass is 9.96. The molecule has 2 aromatic rings. The van der Waals surface area contributed by atoms with E-state index in [0.29, 0.717) is 32.5 Å². The summed E-state index contributed by atoms with van der Waals surface area (Å²) in [6.07, 6.45) is 1.16. The topological polar surface area (TPSA) is 114 Å². The molecule has 7 nitrogen and oxygen atoms in total. The van der Waals surface area contributed by atoms with Gasteiger partial charge in [0.25, 0.3) is 0 Å². The van der Waals surface area contributed by atoms with Gasteiger partial charge in [-0.05, 0) is 29.2 Å². The van der Waals surface area contributed by atoms with Gasteiger partial charge in [-0.1, -0.05) is 42.5 Å². The third-order valence-corrected chi connectivity index (χ3v) is 4.72. The van der Waals surface area contributed by atoms with Crippen molar-refractivity contribution in [1.82, 2.24) is 10.2 Å². The van der Waals surface area contributed by atoms with Gasteiger partial charge in [0.2, 0.25) is 5.91 Å². The first-order chi connectivity index (χ1) is 12.5. The Bertz CT molecular complexity index is 835. The molecule has 3 amide bonds. The summed E-state index contributed by atoms with van der Waals surface area (Å²) in [5.41, 5.74) is 12.2. The lowest BCUT2D eigenvalue weighted by molar-refractivity contribution is -0.122. The van der Waals surface area contributed by atoms with Crippen molar-refractivity contribution in [3.63, 3.8) is 0 Å². The Labute approximate surface area is 152 Å². The number of aliphatic imine (C=N–C) groups is 1. The van der Waals surface area contributed by atoms with Crippen molar-refractivity contribution < 1.29 is 9.59 Å². The van der Waals surface area contributed by atoms with Gasteiger partial charge < -0.3 is 16.4 Å². The predicted molar refractivity (Wildman–Crippen MR) is 101 cm³/mol. The summed E-state index contributed by atoms with van der Waals surface area (Å²) in [7, 11) is 0. The minimum absolute atomic E-state index is 0.0833. The van der Waals surface area contributed by atoms with Crippen LogP contribution in [0.4, 0.5) is 4.79 Å². The van der Waals surface area contributed by atoms with Gasteiger partial charge in [-0.2, -0.15) is 0 Å². The molecule has 1 saturated heterocycles. The molecule has 0 saturated carbocycles. The predicted octanol–water partition coefficient (Wildman–Crippen LogP) is 1.56. The van der Waals surface area contributed by atoms with Crippen molar-refractivity contribution in [3.8, 4) is 0 Å². The van der Waals surface area contributed by atoms with E-state index in [-0.39, 0.29) is 23.8 Å². The molecule has 0 spiro atoms. The number of piperidine rings is 1. The average molecular weight is 353 g/mol. The summed E-state index contributed by atoms with van der Waals surface area (Å²) in [6, 6.07) is 13.8.